The lowest BCUT2D eigenvalue weighted by Crippen LogP contribution is -2.35. The van der Waals surface area contributed by atoms with Crippen LogP contribution in [0.2, 0.25) is 0 Å². The van der Waals surface area contributed by atoms with Crippen LogP contribution in [0.1, 0.15) is 0 Å². The van der Waals surface area contributed by atoms with Crippen molar-refractivity contribution in [1.29, 1.82) is 0 Å². The van der Waals surface area contributed by atoms with Gasteiger partial charge in [0.15, 0.2) is 0 Å². The lowest BCUT2D eigenvalue weighted by molar-refractivity contribution is -0.672. The predicted octanol–water partition coefficient (Wildman–Crippen LogP) is 0.742. The van der Waals surface area contributed by atoms with Crippen molar-refractivity contribution in [3.63, 3.8) is 0 Å². The molecule has 1 aromatic heterocycles. The van der Waals surface area contributed by atoms with Crippen molar-refractivity contribution >= 4 is 5.82 Å². The molecule has 0 fully saturated rings. The van der Waals surface area contributed by atoms with Crippen LogP contribution in [0.25, 0.3) is 0 Å². The van der Waals surface area contributed by atoms with E-state index >= 15 is 0 Å². The zero-order chi connectivity index (χ0) is 7.40. The summed E-state index contributed by atoms with van der Waals surface area (Å²) < 4.78 is 1.92. The van der Waals surface area contributed by atoms with Crippen molar-refractivity contribution in [3.05, 3.63) is 37.1 Å². The molecule has 0 aliphatic rings. The maximum atomic E-state index is 5.62. The fourth-order valence-electron chi connectivity index (χ4n) is 0.795. The Kier molecular flexibility index (Phi) is 2.05. The van der Waals surface area contributed by atoms with E-state index in [0.29, 0.717) is 0 Å². The van der Waals surface area contributed by atoms with E-state index in [1.165, 1.54) is 0 Å². The van der Waals surface area contributed by atoms with Gasteiger partial charge in [0.2, 0.25) is 0 Å². The Morgan fingerprint density at radius 3 is 3.00 bits per heavy atom. The van der Waals surface area contributed by atoms with Gasteiger partial charge in [0, 0.05) is 6.07 Å². The number of aromatic nitrogens is 1. The van der Waals surface area contributed by atoms with Crippen LogP contribution in [-0.4, -0.2) is 0 Å². The van der Waals surface area contributed by atoms with Gasteiger partial charge in [-0.15, -0.1) is 0 Å². The summed E-state index contributed by atoms with van der Waals surface area (Å²) in [5, 5.41) is 0. The third-order valence-corrected chi connectivity index (χ3v) is 1.30. The van der Waals surface area contributed by atoms with Crippen molar-refractivity contribution in [3.8, 4) is 0 Å². The summed E-state index contributed by atoms with van der Waals surface area (Å²) in [6.07, 6.45) is 3.74. The van der Waals surface area contributed by atoms with Crippen LogP contribution in [0.4, 0.5) is 5.82 Å². The molecule has 2 heteroatoms. The maximum Gasteiger partial charge on any atom is 0.272 e. The molecule has 0 aliphatic heterocycles. The van der Waals surface area contributed by atoms with Gasteiger partial charge in [-0.3, -0.25) is 5.73 Å². The molecule has 0 unspecified atom stereocenters. The van der Waals surface area contributed by atoms with Gasteiger partial charge < -0.3 is 0 Å². The summed E-state index contributed by atoms with van der Waals surface area (Å²) >= 11 is 0. The molecule has 0 aliphatic carbocycles. The van der Waals surface area contributed by atoms with Gasteiger partial charge in [-0.05, 0) is 6.07 Å². The average molecular weight is 135 g/mol. The van der Waals surface area contributed by atoms with Gasteiger partial charge in [-0.25, -0.2) is 4.57 Å². The van der Waals surface area contributed by atoms with Gasteiger partial charge in [0.1, 0.15) is 6.54 Å². The highest BCUT2D eigenvalue weighted by atomic mass is 15.0. The summed E-state index contributed by atoms with van der Waals surface area (Å²) in [6.45, 7) is 4.39. The zero-order valence-corrected chi connectivity index (χ0v) is 5.83. The number of allylic oxidation sites excluding steroid dienone is 1. The van der Waals surface area contributed by atoms with Crippen LogP contribution in [0.3, 0.4) is 0 Å². The van der Waals surface area contributed by atoms with Crippen molar-refractivity contribution in [1.82, 2.24) is 0 Å². The summed E-state index contributed by atoms with van der Waals surface area (Å²) in [7, 11) is 0. The fraction of sp³-hybridized carbons (Fsp3) is 0.125. The number of hydrogen-bond acceptors (Lipinski definition) is 1. The molecule has 1 heterocycles. The molecule has 52 valence electrons. The van der Waals surface area contributed by atoms with Crippen LogP contribution in [0.5, 0.6) is 0 Å². The van der Waals surface area contributed by atoms with Gasteiger partial charge >= 0.3 is 0 Å². The van der Waals surface area contributed by atoms with Crippen LogP contribution < -0.4 is 10.3 Å². The van der Waals surface area contributed by atoms with Gasteiger partial charge in [0.25, 0.3) is 5.82 Å². The topological polar surface area (TPSA) is 29.9 Å². The zero-order valence-electron chi connectivity index (χ0n) is 5.83. The van der Waals surface area contributed by atoms with E-state index < -0.39 is 0 Å². The molecule has 0 radical (unpaired) electrons. The minimum absolute atomic E-state index is 0.766. The molecular weight excluding hydrogens is 124 g/mol. The Bertz CT molecular complexity index is 230. The second kappa shape index (κ2) is 3.01. The molecule has 0 aromatic carbocycles. The molecule has 0 saturated heterocycles. The molecule has 0 amide bonds. The number of nitrogen functional groups attached to an aromatic ring is 1. The molecule has 0 bridgehead atoms. The maximum absolute atomic E-state index is 5.62. The van der Waals surface area contributed by atoms with Gasteiger partial charge in [0.05, 0.1) is 6.20 Å². The van der Waals surface area contributed by atoms with Crippen molar-refractivity contribution < 1.29 is 4.57 Å². The normalized spacial score (nSPS) is 9.20. The number of nitrogens with two attached hydrogens (primary N) is 1. The standard InChI is InChI=1S/C8H10N2/c1-2-6-10-7-4-3-5-8(10)9/h2-5,7,9H,1,6H2/p+1. The number of hydrogen-bond donors (Lipinski definition) is 1. The molecule has 0 saturated carbocycles. The van der Waals surface area contributed by atoms with Crippen LogP contribution >= 0.6 is 0 Å². The van der Waals surface area contributed by atoms with E-state index in [9.17, 15) is 0 Å². The van der Waals surface area contributed by atoms with Crippen molar-refractivity contribution in [2.24, 2.45) is 0 Å². The molecule has 0 spiro atoms. The van der Waals surface area contributed by atoms with E-state index in [1.807, 2.05) is 35.0 Å². The summed E-state index contributed by atoms with van der Waals surface area (Å²) in [5.74, 6) is 0.766. The van der Waals surface area contributed by atoms with Gasteiger partial charge in [-0.1, -0.05) is 18.7 Å². The van der Waals surface area contributed by atoms with Crippen molar-refractivity contribution in [2.75, 3.05) is 5.73 Å². The molecule has 2 N–H and O–H groups in total. The first kappa shape index (κ1) is 6.81. The number of pyridine rings is 1. The quantitative estimate of drug-likeness (QED) is 0.470. The van der Waals surface area contributed by atoms with E-state index in [-0.39, 0.29) is 0 Å². The number of rotatable bonds is 2. The summed E-state index contributed by atoms with van der Waals surface area (Å²) in [5.41, 5.74) is 5.62. The molecule has 1 aromatic rings. The fourth-order valence-corrected chi connectivity index (χ4v) is 0.795. The van der Waals surface area contributed by atoms with E-state index in [1.54, 1.807) is 0 Å². The lowest BCUT2D eigenvalue weighted by atomic mass is 10.4. The van der Waals surface area contributed by atoms with E-state index in [4.69, 9.17) is 5.73 Å². The van der Waals surface area contributed by atoms with Crippen LogP contribution in [0, 0.1) is 0 Å². The molecule has 10 heavy (non-hydrogen) atoms. The number of anilines is 1. The third-order valence-electron chi connectivity index (χ3n) is 1.30. The van der Waals surface area contributed by atoms with Crippen molar-refractivity contribution in [2.45, 2.75) is 6.54 Å². The minimum Gasteiger partial charge on any atom is -0.287 e. The summed E-state index contributed by atoms with van der Waals surface area (Å²) in [6, 6.07) is 5.72. The molecule has 1 rings (SSSR count). The van der Waals surface area contributed by atoms with Gasteiger partial charge in [-0.2, -0.15) is 0 Å². The smallest absolute Gasteiger partial charge is 0.272 e. The largest absolute Gasteiger partial charge is 0.287 e. The Balaban J connectivity index is 2.91. The highest BCUT2D eigenvalue weighted by Crippen LogP contribution is 1.89. The highest BCUT2D eigenvalue weighted by molar-refractivity contribution is 5.18. The first-order valence-electron chi connectivity index (χ1n) is 3.19. The minimum atomic E-state index is 0.766. The van der Waals surface area contributed by atoms with Crippen LogP contribution in [0.15, 0.2) is 37.1 Å². The lowest BCUT2D eigenvalue weighted by Gasteiger charge is -1.96. The Morgan fingerprint density at radius 1 is 1.60 bits per heavy atom. The monoisotopic (exact) mass is 135 g/mol. The SMILES string of the molecule is C=CC[n+]1ccccc1N. The number of nitrogens with zero attached hydrogens (tertiary/aromatic N) is 1. The Labute approximate surface area is 60.6 Å². The average Bonchev–Trinajstić information content (AvgIpc) is 1.94. The first-order chi connectivity index (χ1) is 4.84. The predicted molar refractivity (Wildman–Crippen MR) is 41.2 cm³/mol. The molecular formula is C8H11N2+. The van der Waals surface area contributed by atoms with E-state index in [0.717, 1.165) is 12.4 Å². The third kappa shape index (κ3) is 1.35. The second-order valence-corrected chi connectivity index (χ2v) is 2.07. The Hall–Kier alpha value is -1.31. The van der Waals surface area contributed by atoms with E-state index in [2.05, 4.69) is 6.58 Å². The second-order valence-electron chi connectivity index (χ2n) is 2.07. The highest BCUT2D eigenvalue weighted by Gasteiger charge is 1.96. The summed E-state index contributed by atoms with van der Waals surface area (Å²) in [4.78, 5) is 0. The van der Waals surface area contributed by atoms with Crippen LogP contribution in [-0.2, 0) is 6.54 Å². The first-order valence-corrected chi connectivity index (χ1v) is 3.19. The molecule has 2 nitrogen and oxygen atoms in total. The molecule has 0 atom stereocenters. The Morgan fingerprint density at radius 2 is 2.40 bits per heavy atom.